The van der Waals surface area contributed by atoms with E-state index >= 15 is 0 Å². The summed E-state index contributed by atoms with van der Waals surface area (Å²) >= 11 is 0. The molecule has 1 atom stereocenters. The van der Waals surface area contributed by atoms with Crippen LogP contribution in [0.2, 0.25) is 0 Å². The molecule has 1 saturated heterocycles. The highest BCUT2D eigenvalue weighted by Gasteiger charge is 2.35. The third-order valence-electron chi connectivity index (χ3n) is 4.20. The zero-order valence-corrected chi connectivity index (χ0v) is 15.0. The Hall–Kier alpha value is -2.96. The van der Waals surface area contributed by atoms with E-state index in [0.29, 0.717) is 11.4 Å². The highest BCUT2D eigenvalue weighted by atomic mass is 19.2. The van der Waals surface area contributed by atoms with Gasteiger partial charge in [-0.15, -0.1) is 0 Å². The molecule has 0 radical (unpaired) electrons. The van der Waals surface area contributed by atoms with E-state index in [9.17, 15) is 18.4 Å². The first-order chi connectivity index (χ1) is 12.8. The molecule has 1 heterocycles. The third kappa shape index (κ3) is 4.42. The van der Waals surface area contributed by atoms with Gasteiger partial charge >= 0.3 is 0 Å². The number of hydrogen-bond acceptors (Lipinski definition) is 3. The van der Waals surface area contributed by atoms with Crippen molar-refractivity contribution in [3.05, 3.63) is 54.1 Å². The smallest absolute Gasteiger partial charge is 0.229 e. The van der Waals surface area contributed by atoms with Crippen LogP contribution in [-0.4, -0.2) is 24.5 Å². The fourth-order valence-electron chi connectivity index (χ4n) is 2.92. The molecule has 142 valence electrons. The lowest BCUT2D eigenvalue weighted by Gasteiger charge is -2.17. The maximum absolute atomic E-state index is 13.4. The molecule has 0 aromatic heterocycles. The molecule has 1 aliphatic rings. The molecule has 0 aliphatic carbocycles. The van der Waals surface area contributed by atoms with E-state index in [4.69, 9.17) is 4.74 Å². The molecule has 1 fully saturated rings. The lowest BCUT2D eigenvalue weighted by molar-refractivity contribution is -0.122. The Kier molecular flexibility index (Phi) is 5.39. The van der Waals surface area contributed by atoms with Crippen molar-refractivity contribution in [1.82, 2.24) is 0 Å². The van der Waals surface area contributed by atoms with Crippen LogP contribution in [0, 0.1) is 17.6 Å². The summed E-state index contributed by atoms with van der Waals surface area (Å²) in [6.07, 6.45) is 0.0663. The minimum atomic E-state index is -1.03. The normalized spacial score (nSPS) is 16.7. The average Bonchev–Trinajstić information content (AvgIpc) is 3.00. The van der Waals surface area contributed by atoms with Gasteiger partial charge in [0.1, 0.15) is 5.75 Å². The second kappa shape index (κ2) is 7.73. The van der Waals surface area contributed by atoms with Gasteiger partial charge in [0.05, 0.1) is 12.0 Å². The van der Waals surface area contributed by atoms with E-state index in [2.05, 4.69) is 5.32 Å². The van der Waals surface area contributed by atoms with Crippen molar-refractivity contribution < 1.29 is 23.1 Å². The topological polar surface area (TPSA) is 58.6 Å². The van der Waals surface area contributed by atoms with Gasteiger partial charge in [0.2, 0.25) is 11.8 Å². The fourth-order valence-corrected chi connectivity index (χ4v) is 2.92. The lowest BCUT2D eigenvalue weighted by Crippen LogP contribution is -2.28. The van der Waals surface area contributed by atoms with Crippen LogP contribution in [0.15, 0.2) is 42.5 Å². The number of rotatable bonds is 5. The van der Waals surface area contributed by atoms with E-state index < -0.39 is 17.6 Å². The number of hydrogen-bond donors (Lipinski definition) is 1. The third-order valence-corrected chi connectivity index (χ3v) is 4.20. The molecule has 5 nitrogen and oxygen atoms in total. The number of carbonyl (C=O) groups excluding carboxylic acids is 2. The van der Waals surface area contributed by atoms with Crippen LogP contribution in [0.4, 0.5) is 20.2 Å². The number of amides is 2. The standard InChI is InChI=1S/C20H20F2N2O3/c1-12(2)27-16-6-3-14(4-7-16)23-20(26)13-9-19(25)24(11-13)15-5-8-17(21)18(22)10-15/h3-8,10,12-13H,9,11H2,1-2H3,(H,23,26). The second-order valence-electron chi connectivity index (χ2n) is 6.68. The summed E-state index contributed by atoms with van der Waals surface area (Å²) in [7, 11) is 0. The largest absolute Gasteiger partial charge is 0.491 e. The van der Waals surface area contributed by atoms with Gasteiger partial charge in [0.15, 0.2) is 11.6 Å². The first-order valence-corrected chi connectivity index (χ1v) is 8.66. The molecule has 0 bridgehead atoms. The van der Waals surface area contributed by atoms with Crippen molar-refractivity contribution in [2.45, 2.75) is 26.4 Å². The van der Waals surface area contributed by atoms with Crippen molar-refractivity contribution in [3.8, 4) is 5.75 Å². The van der Waals surface area contributed by atoms with Gasteiger partial charge in [0.25, 0.3) is 0 Å². The Balaban J connectivity index is 1.64. The van der Waals surface area contributed by atoms with Crippen LogP contribution in [0.3, 0.4) is 0 Å². The van der Waals surface area contributed by atoms with Gasteiger partial charge in [0, 0.05) is 30.4 Å². The summed E-state index contributed by atoms with van der Waals surface area (Å²) in [5, 5.41) is 2.77. The number of nitrogens with zero attached hydrogens (tertiary/aromatic N) is 1. The van der Waals surface area contributed by atoms with E-state index in [1.54, 1.807) is 24.3 Å². The summed E-state index contributed by atoms with van der Waals surface area (Å²) < 4.78 is 32.0. The number of anilines is 2. The predicted octanol–water partition coefficient (Wildman–Crippen LogP) is 3.74. The van der Waals surface area contributed by atoms with Gasteiger partial charge in [-0.3, -0.25) is 9.59 Å². The van der Waals surface area contributed by atoms with Crippen molar-refractivity contribution in [3.63, 3.8) is 0 Å². The molecule has 1 N–H and O–H groups in total. The summed E-state index contributed by atoms with van der Waals surface area (Å²) in [5.41, 5.74) is 0.833. The molecule has 2 aromatic carbocycles. The highest BCUT2D eigenvalue weighted by molar-refractivity contribution is 6.03. The zero-order chi connectivity index (χ0) is 19.6. The summed E-state index contributed by atoms with van der Waals surface area (Å²) in [4.78, 5) is 26.0. The van der Waals surface area contributed by atoms with E-state index in [0.717, 1.165) is 12.1 Å². The van der Waals surface area contributed by atoms with E-state index in [-0.39, 0.29) is 36.6 Å². The number of ether oxygens (including phenoxy) is 1. The number of benzene rings is 2. The van der Waals surface area contributed by atoms with Crippen LogP contribution in [0.5, 0.6) is 5.75 Å². The molecule has 1 aliphatic heterocycles. The average molecular weight is 374 g/mol. The molecule has 2 aromatic rings. The predicted molar refractivity (Wildman–Crippen MR) is 97.7 cm³/mol. The van der Waals surface area contributed by atoms with Gasteiger partial charge in [-0.25, -0.2) is 8.78 Å². The van der Waals surface area contributed by atoms with Crippen LogP contribution in [-0.2, 0) is 9.59 Å². The van der Waals surface area contributed by atoms with Crippen LogP contribution in [0.25, 0.3) is 0 Å². The van der Waals surface area contributed by atoms with Crippen LogP contribution < -0.4 is 15.0 Å². The van der Waals surface area contributed by atoms with Gasteiger partial charge in [-0.2, -0.15) is 0 Å². The van der Waals surface area contributed by atoms with E-state index in [1.807, 2.05) is 13.8 Å². The van der Waals surface area contributed by atoms with Crippen molar-refractivity contribution in [2.75, 3.05) is 16.8 Å². The van der Waals surface area contributed by atoms with E-state index in [1.165, 1.54) is 11.0 Å². The Morgan fingerprint density at radius 1 is 1.15 bits per heavy atom. The quantitative estimate of drug-likeness (QED) is 0.867. The molecular weight excluding hydrogens is 354 g/mol. The fraction of sp³-hybridized carbons (Fsp3) is 0.300. The number of halogens is 2. The first-order valence-electron chi connectivity index (χ1n) is 8.66. The van der Waals surface area contributed by atoms with Crippen molar-refractivity contribution >= 4 is 23.2 Å². The Morgan fingerprint density at radius 3 is 2.48 bits per heavy atom. The Morgan fingerprint density at radius 2 is 1.85 bits per heavy atom. The monoisotopic (exact) mass is 374 g/mol. The summed E-state index contributed by atoms with van der Waals surface area (Å²) in [5.74, 6) is -2.49. The summed E-state index contributed by atoms with van der Waals surface area (Å²) in [6, 6.07) is 10.2. The number of carbonyl (C=O) groups is 2. The highest BCUT2D eigenvalue weighted by Crippen LogP contribution is 2.27. The van der Waals surface area contributed by atoms with Crippen LogP contribution >= 0.6 is 0 Å². The minimum Gasteiger partial charge on any atom is -0.491 e. The zero-order valence-electron chi connectivity index (χ0n) is 15.0. The molecule has 0 saturated carbocycles. The second-order valence-corrected chi connectivity index (χ2v) is 6.68. The molecule has 1 unspecified atom stereocenters. The maximum atomic E-state index is 13.4. The summed E-state index contributed by atoms with van der Waals surface area (Å²) in [6.45, 7) is 3.96. The molecule has 7 heteroatoms. The van der Waals surface area contributed by atoms with Crippen molar-refractivity contribution in [2.24, 2.45) is 5.92 Å². The van der Waals surface area contributed by atoms with Gasteiger partial charge < -0.3 is 15.0 Å². The maximum Gasteiger partial charge on any atom is 0.229 e. The molecule has 27 heavy (non-hydrogen) atoms. The first kappa shape index (κ1) is 18.8. The van der Waals surface area contributed by atoms with Crippen molar-refractivity contribution in [1.29, 1.82) is 0 Å². The van der Waals surface area contributed by atoms with Gasteiger partial charge in [-0.1, -0.05) is 0 Å². The SMILES string of the molecule is CC(C)Oc1ccc(NC(=O)C2CC(=O)N(c3ccc(F)c(F)c3)C2)cc1. The van der Waals surface area contributed by atoms with Crippen LogP contribution in [0.1, 0.15) is 20.3 Å². The molecule has 2 amide bonds. The molecule has 3 rings (SSSR count). The molecular formula is C20H20F2N2O3. The lowest BCUT2D eigenvalue weighted by atomic mass is 10.1. The number of nitrogens with one attached hydrogen (secondary N) is 1. The molecule has 0 spiro atoms. The minimum absolute atomic E-state index is 0.0133. The Bertz CT molecular complexity index is 853. The van der Waals surface area contributed by atoms with Gasteiger partial charge in [-0.05, 0) is 50.2 Å². The Labute approximate surface area is 155 Å².